The van der Waals surface area contributed by atoms with E-state index in [1.807, 2.05) is 0 Å². The Balaban J connectivity index is 1.38. The third-order valence-electron chi connectivity index (χ3n) is 5.86. The van der Waals surface area contributed by atoms with Crippen molar-refractivity contribution in [1.29, 1.82) is 0 Å². The maximum atomic E-state index is 13.3. The second-order valence-electron chi connectivity index (χ2n) is 8.19. The van der Waals surface area contributed by atoms with Gasteiger partial charge in [0.1, 0.15) is 30.1 Å². The lowest BCUT2D eigenvalue weighted by molar-refractivity contribution is -0.664. The fourth-order valence-corrected chi connectivity index (χ4v) is 5.96. The van der Waals surface area contributed by atoms with Crippen LogP contribution in [-0.2, 0) is 25.8 Å². The van der Waals surface area contributed by atoms with Crippen LogP contribution in [0.5, 0.6) is 0 Å². The number of imidazole rings is 1. The maximum Gasteiger partial charge on any atom is 0.349 e. The van der Waals surface area contributed by atoms with Gasteiger partial charge in [-0.3, -0.25) is 14.5 Å². The maximum absolute atomic E-state index is 13.3. The smallest absolute Gasteiger partial charge is 0.349 e. The number of nitrogens with zero attached hydrogens (tertiary/aromatic N) is 7. The van der Waals surface area contributed by atoms with Gasteiger partial charge in [-0.15, -0.1) is 11.8 Å². The van der Waals surface area contributed by atoms with Crippen LogP contribution in [0.1, 0.15) is 19.3 Å². The molecule has 5 rings (SSSR count). The van der Waals surface area contributed by atoms with Crippen molar-refractivity contribution in [2.45, 2.75) is 31.4 Å². The summed E-state index contributed by atoms with van der Waals surface area (Å²) in [5.74, 6) is -2.99. The fraction of sp³-hybridized carbons (Fsp3) is 0.333. The molecule has 3 aromatic rings. The molecular weight excluding hydrogens is 560 g/mol. The van der Waals surface area contributed by atoms with Crippen molar-refractivity contribution in [2.24, 2.45) is 5.16 Å². The number of carbonyl (C=O) groups excluding carboxylic acids is 3. The van der Waals surface area contributed by atoms with Gasteiger partial charge in [0.25, 0.3) is 11.8 Å². The molecule has 3 aromatic heterocycles. The number of pyridine rings is 1. The van der Waals surface area contributed by atoms with E-state index in [1.165, 1.54) is 28.5 Å². The monoisotopic (exact) mass is 579 g/mol. The van der Waals surface area contributed by atoms with Gasteiger partial charge in [0.05, 0.1) is 17.9 Å². The number of fused-ring (bicyclic) bond motifs is 2. The first-order valence-electron chi connectivity index (χ1n) is 11.3. The predicted octanol–water partition coefficient (Wildman–Crippen LogP) is -1.00. The van der Waals surface area contributed by atoms with Crippen LogP contribution in [0.4, 0.5) is 13.9 Å². The average molecular weight is 580 g/mol. The molecule has 3 N–H and O–H groups in total. The minimum absolute atomic E-state index is 0.0382. The van der Waals surface area contributed by atoms with Crippen molar-refractivity contribution < 1.29 is 37.7 Å². The summed E-state index contributed by atoms with van der Waals surface area (Å²) < 4.78 is 32.7. The number of alkyl halides is 2. The summed E-state index contributed by atoms with van der Waals surface area (Å²) in [7, 11) is 0. The number of oxime groups is 1. The highest BCUT2D eigenvalue weighted by molar-refractivity contribution is 8.00. The standard InChI is InChI=1S/C21H19F2N9O5S2/c1-2-37-28-11(14-27-21(24)39-29-14)16(33)26-12-17(34)32-13(19(35)36)9(7-38-18(12)32)6-30-5-3-4-10-15(30)25-8-31(10)20(22)23/h3-5,8,12,18,20H,2,6-7H2,1H3,(H3-,24,26,27,29,33,35,36)/b28-11-. The van der Waals surface area contributed by atoms with E-state index >= 15 is 0 Å². The van der Waals surface area contributed by atoms with E-state index in [1.54, 1.807) is 13.1 Å². The van der Waals surface area contributed by atoms with E-state index in [4.69, 9.17) is 10.6 Å². The van der Waals surface area contributed by atoms with E-state index in [0.29, 0.717) is 10.1 Å². The predicted molar refractivity (Wildman–Crippen MR) is 131 cm³/mol. The number of nitrogens with two attached hydrogens (primary N) is 1. The highest BCUT2D eigenvalue weighted by Gasteiger charge is 2.53. The number of anilines is 1. The number of halogens is 2. The zero-order valence-corrected chi connectivity index (χ0v) is 21.6. The van der Waals surface area contributed by atoms with Crippen molar-refractivity contribution in [3.63, 3.8) is 0 Å². The van der Waals surface area contributed by atoms with Crippen molar-refractivity contribution >= 4 is 63.1 Å². The minimum Gasteiger partial charge on any atom is -0.543 e. The van der Waals surface area contributed by atoms with Gasteiger partial charge < -0.3 is 25.8 Å². The number of carboxylic acids is 1. The molecule has 0 radical (unpaired) electrons. The minimum atomic E-state index is -2.80. The molecule has 2 aliphatic heterocycles. The van der Waals surface area contributed by atoms with Crippen LogP contribution in [0.2, 0.25) is 0 Å². The van der Waals surface area contributed by atoms with Gasteiger partial charge in [-0.1, -0.05) is 5.16 Å². The van der Waals surface area contributed by atoms with Crippen molar-refractivity contribution in [3.8, 4) is 0 Å². The Hall–Kier alpha value is -4.19. The highest BCUT2D eigenvalue weighted by atomic mass is 32.2. The van der Waals surface area contributed by atoms with E-state index in [-0.39, 0.29) is 52.4 Å². The molecule has 39 heavy (non-hydrogen) atoms. The summed E-state index contributed by atoms with van der Waals surface area (Å²) >= 11 is 2.07. The molecule has 204 valence electrons. The molecule has 2 atom stereocenters. The number of hydrogen-bond donors (Lipinski definition) is 2. The number of rotatable bonds is 9. The van der Waals surface area contributed by atoms with Crippen LogP contribution in [0.15, 0.2) is 41.1 Å². The molecule has 0 spiro atoms. The van der Waals surface area contributed by atoms with Crippen molar-refractivity contribution in [1.82, 2.24) is 29.1 Å². The van der Waals surface area contributed by atoms with Gasteiger partial charge in [-0.2, -0.15) is 18.1 Å². The largest absolute Gasteiger partial charge is 0.543 e. The number of amides is 2. The molecule has 1 fully saturated rings. The van der Waals surface area contributed by atoms with E-state index in [9.17, 15) is 28.3 Å². The van der Waals surface area contributed by atoms with E-state index in [0.717, 1.165) is 22.8 Å². The highest BCUT2D eigenvalue weighted by Crippen LogP contribution is 2.40. The lowest BCUT2D eigenvalue weighted by Gasteiger charge is -2.50. The zero-order chi connectivity index (χ0) is 27.8. The van der Waals surface area contributed by atoms with Gasteiger partial charge in [0, 0.05) is 22.9 Å². The molecule has 0 aliphatic carbocycles. The van der Waals surface area contributed by atoms with Crippen LogP contribution in [0.3, 0.4) is 0 Å². The summed E-state index contributed by atoms with van der Waals surface area (Å²) in [5.41, 5.74) is 5.66. The Labute approximate surface area is 226 Å². The fourth-order valence-electron chi connectivity index (χ4n) is 4.19. The van der Waals surface area contributed by atoms with Crippen molar-refractivity contribution in [3.05, 3.63) is 41.8 Å². The Morgan fingerprint density at radius 3 is 2.90 bits per heavy atom. The van der Waals surface area contributed by atoms with Crippen LogP contribution >= 0.6 is 23.3 Å². The molecule has 5 heterocycles. The van der Waals surface area contributed by atoms with E-state index < -0.39 is 35.7 Å². The van der Waals surface area contributed by atoms with Crippen LogP contribution in [0.25, 0.3) is 11.2 Å². The molecule has 18 heteroatoms. The zero-order valence-electron chi connectivity index (χ0n) is 20.0. The third-order valence-corrected chi connectivity index (χ3v) is 7.74. The second kappa shape index (κ2) is 10.5. The number of β-lactam (4-membered cyclic amide) rings is 1. The third kappa shape index (κ3) is 4.76. The van der Waals surface area contributed by atoms with Gasteiger partial charge in [0.15, 0.2) is 5.13 Å². The molecular formula is C21H19F2N9O5S2. The number of aliphatic carboxylic acids is 1. The van der Waals surface area contributed by atoms with Gasteiger partial charge in [-0.05, 0) is 24.0 Å². The number of aromatic nitrogens is 5. The topological polar surface area (TPSA) is 185 Å². The van der Waals surface area contributed by atoms with Crippen LogP contribution in [0, 0.1) is 0 Å². The molecule has 2 unspecified atom stereocenters. The number of carboxylic acid groups (broad SMARTS) is 1. The normalized spacial score (nSPS) is 19.3. The average Bonchev–Trinajstić information content (AvgIpc) is 3.54. The van der Waals surface area contributed by atoms with Gasteiger partial charge in [0.2, 0.25) is 17.9 Å². The number of nitrogens with one attached hydrogen (secondary N) is 1. The number of thioether (sulfide) groups is 1. The first-order valence-corrected chi connectivity index (χ1v) is 13.1. The van der Waals surface area contributed by atoms with Crippen LogP contribution in [-0.4, -0.2) is 71.1 Å². The van der Waals surface area contributed by atoms with Gasteiger partial charge >= 0.3 is 12.2 Å². The van der Waals surface area contributed by atoms with Crippen molar-refractivity contribution in [2.75, 3.05) is 18.1 Å². The molecule has 1 saturated heterocycles. The SMILES string of the molecule is CCO/N=C(\C(=O)NC1C(=O)N2C(C(=O)[O-])=C(C[n+]3cccc4c3ncn4C(F)F)CSC12)c1nsc(N)n1. The molecule has 0 bridgehead atoms. The molecule has 2 amide bonds. The first kappa shape index (κ1) is 26.4. The Morgan fingerprint density at radius 2 is 2.23 bits per heavy atom. The lowest BCUT2D eigenvalue weighted by Crippen LogP contribution is -2.71. The van der Waals surface area contributed by atoms with E-state index in [2.05, 4.69) is 24.8 Å². The summed E-state index contributed by atoms with van der Waals surface area (Å²) in [5, 5.41) is 17.8. The number of hydrogen-bond acceptors (Lipinski definition) is 12. The first-order chi connectivity index (χ1) is 18.7. The molecule has 0 aromatic carbocycles. The summed E-state index contributed by atoms with van der Waals surface area (Å²) in [6, 6.07) is 1.93. The molecule has 0 saturated carbocycles. The van der Waals surface area contributed by atoms with Gasteiger partial charge in [-0.25, -0.2) is 9.13 Å². The quantitative estimate of drug-likeness (QED) is 0.138. The Bertz CT molecular complexity index is 1540. The Kier molecular flexibility index (Phi) is 7.13. The molecule has 2 aliphatic rings. The number of carbonyl (C=O) groups is 3. The number of nitrogen functional groups attached to an aromatic ring is 1. The lowest BCUT2D eigenvalue weighted by atomic mass is 10.0. The molecule has 14 nitrogen and oxygen atoms in total. The van der Waals surface area contributed by atoms with Crippen LogP contribution < -0.4 is 20.7 Å². The summed E-state index contributed by atoms with van der Waals surface area (Å²) in [6.07, 6.45) is 2.57. The summed E-state index contributed by atoms with van der Waals surface area (Å²) in [6.45, 7) is -1.03. The Morgan fingerprint density at radius 1 is 1.44 bits per heavy atom. The second-order valence-corrected chi connectivity index (χ2v) is 10.1. The summed E-state index contributed by atoms with van der Waals surface area (Å²) in [4.78, 5) is 52.1.